The summed E-state index contributed by atoms with van der Waals surface area (Å²) in [6.07, 6.45) is 0. The maximum atomic E-state index is 11.0. The molecule has 0 heterocycles. The van der Waals surface area contributed by atoms with Crippen molar-refractivity contribution in [1.82, 2.24) is 0 Å². The van der Waals surface area contributed by atoms with Crippen molar-refractivity contribution in [2.24, 2.45) is 0 Å². The Hall–Kier alpha value is -1.14. The van der Waals surface area contributed by atoms with Gasteiger partial charge in [-0.15, -0.1) is 0 Å². The van der Waals surface area contributed by atoms with E-state index in [1.165, 1.54) is 0 Å². The Labute approximate surface area is 105 Å². The molecule has 0 fully saturated rings. The van der Waals surface area contributed by atoms with E-state index in [1.807, 2.05) is 0 Å². The number of anilines is 2. The van der Waals surface area contributed by atoms with E-state index in [4.69, 9.17) is 0 Å². The molecule has 1 aromatic rings. The van der Waals surface area contributed by atoms with E-state index in [0.717, 1.165) is 0 Å². The number of carbonyl (C=O) groups excluding carboxylic acids is 2. The fourth-order valence-corrected chi connectivity index (χ4v) is 1.20. The van der Waals surface area contributed by atoms with Crippen LogP contribution in [0.25, 0.3) is 0 Å². The zero-order valence-corrected chi connectivity index (χ0v) is 10.2. The summed E-state index contributed by atoms with van der Waals surface area (Å²) in [5, 5.41) is 5.29. The summed E-state index contributed by atoms with van der Waals surface area (Å²) in [4.78, 5) is 22.0. The zero-order chi connectivity index (χ0) is 12.0. The van der Waals surface area contributed by atoms with Crippen LogP contribution in [-0.2, 0) is 9.59 Å². The maximum absolute atomic E-state index is 11.0. The van der Waals surface area contributed by atoms with Crippen LogP contribution in [0.3, 0.4) is 0 Å². The van der Waals surface area contributed by atoms with Gasteiger partial charge in [0, 0.05) is 11.4 Å². The number of amides is 2. The zero-order valence-electron chi connectivity index (χ0n) is 8.43. The third-order valence-electron chi connectivity index (χ3n) is 1.74. The lowest BCUT2D eigenvalue weighted by Gasteiger charge is -2.06. The fraction of sp³-hybridized carbons (Fsp3) is 0.200. The number of nitrogens with one attached hydrogen (secondary N) is 2. The lowest BCUT2D eigenvalue weighted by Crippen LogP contribution is -2.14. The van der Waals surface area contributed by atoms with E-state index < -0.39 is 0 Å². The molecule has 1 rings (SSSR count). The molecule has 0 aromatic heterocycles. The van der Waals surface area contributed by atoms with Crippen LogP contribution in [0, 0.1) is 0 Å². The van der Waals surface area contributed by atoms with Crippen LogP contribution < -0.4 is 10.6 Å². The van der Waals surface area contributed by atoms with Crippen LogP contribution in [0.1, 0.15) is 0 Å². The highest BCUT2D eigenvalue weighted by molar-refractivity contribution is 7.81. The Bertz CT molecular complexity index is 342. The van der Waals surface area contributed by atoms with Gasteiger partial charge in [0.2, 0.25) is 11.8 Å². The molecule has 6 heteroatoms. The number of rotatable bonds is 4. The summed E-state index contributed by atoms with van der Waals surface area (Å²) < 4.78 is 0. The smallest absolute Gasteiger partial charge is 0.234 e. The Morgan fingerprint density at radius 3 is 1.44 bits per heavy atom. The van der Waals surface area contributed by atoms with Gasteiger partial charge in [0.15, 0.2) is 0 Å². The summed E-state index contributed by atoms with van der Waals surface area (Å²) in [5.41, 5.74) is 1.34. The van der Waals surface area contributed by atoms with Crippen LogP contribution in [-0.4, -0.2) is 23.3 Å². The molecular formula is C10H12N2O2S2. The third-order valence-corrected chi connectivity index (χ3v) is 2.31. The van der Waals surface area contributed by atoms with Crippen molar-refractivity contribution in [3.8, 4) is 0 Å². The van der Waals surface area contributed by atoms with Gasteiger partial charge in [-0.1, -0.05) is 0 Å². The second-order valence-electron chi connectivity index (χ2n) is 2.99. The van der Waals surface area contributed by atoms with Crippen molar-refractivity contribution in [3.05, 3.63) is 24.3 Å². The van der Waals surface area contributed by atoms with E-state index in [1.54, 1.807) is 24.3 Å². The maximum Gasteiger partial charge on any atom is 0.234 e. The van der Waals surface area contributed by atoms with Crippen molar-refractivity contribution in [2.75, 3.05) is 22.1 Å². The van der Waals surface area contributed by atoms with Gasteiger partial charge in [-0.05, 0) is 24.3 Å². The number of hydrogen-bond acceptors (Lipinski definition) is 4. The molecule has 86 valence electrons. The highest BCUT2D eigenvalue weighted by Crippen LogP contribution is 2.13. The number of hydrogen-bond donors (Lipinski definition) is 4. The molecule has 0 saturated heterocycles. The van der Waals surface area contributed by atoms with Gasteiger partial charge in [-0.2, -0.15) is 25.3 Å². The van der Waals surface area contributed by atoms with Crippen molar-refractivity contribution in [3.63, 3.8) is 0 Å². The molecule has 2 amide bonds. The molecule has 0 aliphatic heterocycles. The van der Waals surface area contributed by atoms with Crippen LogP contribution in [0.4, 0.5) is 11.4 Å². The summed E-state index contributed by atoms with van der Waals surface area (Å²) >= 11 is 7.69. The highest BCUT2D eigenvalue weighted by atomic mass is 32.1. The van der Waals surface area contributed by atoms with Gasteiger partial charge in [0.05, 0.1) is 11.5 Å². The molecule has 1 aromatic carbocycles. The average Bonchev–Trinajstić information content (AvgIpc) is 2.31. The van der Waals surface area contributed by atoms with Gasteiger partial charge < -0.3 is 10.6 Å². The van der Waals surface area contributed by atoms with E-state index in [-0.39, 0.29) is 23.3 Å². The van der Waals surface area contributed by atoms with Gasteiger partial charge >= 0.3 is 0 Å². The molecule has 0 atom stereocenters. The van der Waals surface area contributed by atoms with Crippen LogP contribution in [0.2, 0.25) is 0 Å². The van der Waals surface area contributed by atoms with Crippen molar-refractivity contribution in [1.29, 1.82) is 0 Å². The normalized spacial score (nSPS) is 9.62. The Morgan fingerprint density at radius 1 is 0.875 bits per heavy atom. The van der Waals surface area contributed by atoms with Gasteiger partial charge in [-0.25, -0.2) is 0 Å². The molecule has 0 unspecified atom stereocenters. The summed E-state index contributed by atoms with van der Waals surface area (Å²) in [5.74, 6) is -0.0676. The summed E-state index contributed by atoms with van der Waals surface area (Å²) in [6, 6.07) is 6.82. The van der Waals surface area contributed by atoms with Gasteiger partial charge in [0.25, 0.3) is 0 Å². The first-order valence-electron chi connectivity index (χ1n) is 4.57. The lowest BCUT2D eigenvalue weighted by atomic mass is 10.3. The Kier molecular flexibility index (Phi) is 5.21. The monoisotopic (exact) mass is 256 g/mol. The topological polar surface area (TPSA) is 58.2 Å². The largest absolute Gasteiger partial charge is 0.325 e. The van der Waals surface area contributed by atoms with Crippen molar-refractivity contribution < 1.29 is 9.59 Å². The summed E-state index contributed by atoms with van der Waals surface area (Å²) in [7, 11) is 0. The molecule has 0 aliphatic rings. The minimum atomic E-state index is -0.171. The van der Waals surface area contributed by atoms with Gasteiger partial charge in [0.1, 0.15) is 0 Å². The van der Waals surface area contributed by atoms with E-state index >= 15 is 0 Å². The number of benzene rings is 1. The first kappa shape index (κ1) is 12.9. The molecule has 0 radical (unpaired) electrons. The Morgan fingerprint density at radius 2 is 1.19 bits per heavy atom. The molecule has 2 N–H and O–H groups in total. The Balaban J connectivity index is 2.60. The minimum Gasteiger partial charge on any atom is -0.325 e. The average molecular weight is 256 g/mol. The SMILES string of the molecule is O=C(CS)Nc1ccc(NC(=O)CS)cc1. The number of carbonyl (C=O) groups is 2. The molecule has 0 spiro atoms. The minimum absolute atomic E-state index is 0.137. The second-order valence-corrected chi connectivity index (χ2v) is 3.62. The van der Waals surface area contributed by atoms with E-state index in [0.29, 0.717) is 11.4 Å². The standard InChI is InChI=1S/C10H12N2O2S2/c13-9(5-15)11-7-1-2-8(4-3-7)12-10(14)6-16/h1-4,15-16H,5-6H2,(H,11,13)(H,12,14). The molecule has 0 bridgehead atoms. The van der Waals surface area contributed by atoms with Crippen molar-refractivity contribution >= 4 is 48.4 Å². The quantitative estimate of drug-likeness (QED) is 0.616. The van der Waals surface area contributed by atoms with Crippen LogP contribution >= 0.6 is 25.3 Å². The van der Waals surface area contributed by atoms with E-state index in [9.17, 15) is 9.59 Å². The molecule has 4 nitrogen and oxygen atoms in total. The highest BCUT2D eigenvalue weighted by Gasteiger charge is 2.01. The van der Waals surface area contributed by atoms with Crippen LogP contribution in [0.5, 0.6) is 0 Å². The predicted octanol–water partition coefficient (Wildman–Crippen LogP) is 1.42. The van der Waals surface area contributed by atoms with Crippen molar-refractivity contribution in [2.45, 2.75) is 0 Å². The fourth-order valence-electron chi connectivity index (χ4n) is 1.04. The second kappa shape index (κ2) is 6.44. The predicted molar refractivity (Wildman–Crippen MR) is 71.4 cm³/mol. The number of thiol groups is 2. The van der Waals surface area contributed by atoms with E-state index in [2.05, 4.69) is 35.9 Å². The third kappa shape index (κ3) is 4.16. The van der Waals surface area contributed by atoms with Gasteiger partial charge in [-0.3, -0.25) is 9.59 Å². The van der Waals surface area contributed by atoms with Crippen LogP contribution in [0.15, 0.2) is 24.3 Å². The molecule has 0 aliphatic carbocycles. The first-order chi connectivity index (χ1) is 7.65. The molecule has 16 heavy (non-hydrogen) atoms. The lowest BCUT2D eigenvalue weighted by molar-refractivity contribution is -0.114. The first-order valence-corrected chi connectivity index (χ1v) is 5.83. The summed E-state index contributed by atoms with van der Waals surface area (Å²) in [6.45, 7) is 0. The molecule has 0 saturated carbocycles. The molecular weight excluding hydrogens is 244 g/mol.